The van der Waals surface area contributed by atoms with E-state index in [0.29, 0.717) is 11.3 Å². The van der Waals surface area contributed by atoms with Gasteiger partial charge in [-0.3, -0.25) is 0 Å². The third-order valence-electron chi connectivity index (χ3n) is 1.67. The normalized spacial score (nSPS) is 9.69. The number of anilines is 1. The van der Waals surface area contributed by atoms with Crippen LogP contribution >= 0.6 is 11.8 Å². The summed E-state index contributed by atoms with van der Waals surface area (Å²) in [6, 6.07) is 5.34. The summed E-state index contributed by atoms with van der Waals surface area (Å²) in [7, 11) is 1.35. The maximum Gasteiger partial charge on any atom is 0.341 e. The Bertz CT molecular complexity index is 325. The predicted octanol–water partition coefficient (Wildman–Crippen LogP) is 1.78. The van der Waals surface area contributed by atoms with Crippen molar-refractivity contribution in [2.75, 3.05) is 19.1 Å². The first-order valence-electron chi connectivity index (χ1n) is 3.71. The lowest BCUT2D eigenvalue weighted by Crippen LogP contribution is -2.06. The van der Waals surface area contributed by atoms with Crippen LogP contribution in [0.15, 0.2) is 23.1 Å². The van der Waals surface area contributed by atoms with Gasteiger partial charge in [0.2, 0.25) is 0 Å². The van der Waals surface area contributed by atoms with Crippen LogP contribution in [-0.2, 0) is 4.74 Å². The standard InChI is InChI=1S/C9H11NO2S/c1-12-9(11)8-6(10)4-3-5-7(8)13-2/h3-5H,10H2,1-2H3. The molecule has 0 unspecified atom stereocenters. The molecule has 0 atom stereocenters. The number of nitrogen functional groups attached to an aromatic ring is 1. The lowest BCUT2D eigenvalue weighted by atomic mass is 10.2. The van der Waals surface area contributed by atoms with Crippen molar-refractivity contribution in [2.45, 2.75) is 4.90 Å². The number of carbonyl (C=O) groups excluding carboxylic acids is 1. The van der Waals surface area contributed by atoms with Crippen LogP contribution in [0.25, 0.3) is 0 Å². The van der Waals surface area contributed by atoms with Crippen LogP contribution in [0.5, 0.6) is 0 Å². The summed E-state index contributed by atoms with van der Waals surface area (Å²) in [4.78, 5) is 12.1. The van der Waals surface area contributed by atoms with Crippen molar-refractivity contribution in [1.82, 2.24) is 0 Å². The molecule has 0 heterocycles. The monoisotopic (exact) mass is 197 g/mol. The van der Waals surface area contributed by atoms with E-state index in [1.165, 1.54) is 18.9 Å². The Morgan fingerprint density at radius 3 is 2.77 bits per heavy atom. The molecule has 0 saturated heterocycles. The lowest BCUT2D eigenvalue weighted by molar-refractivity contribution is 0.0598. The van der Waals surface area contributed by atoms with Crippen LogP contribution < -0.4 is 5.73 Å². The smallest absolute Gasteiger partial charge is 0.341 e. The number of carbonyl (C=O) groups is 1. The zero-order chi connectivity index (χ0) is 9.84. The van der Waals surface area contributed by atoms with Crippen LogP contribution in [-0.4, -0.2) is 19.3 Å². The van der Waals surface area contributed by atoms with Gasteiger partial charge in [-0.25, -0.2) is 4.79 Å². The van der Waals surface area contributed by atoms with Gasteiger partial charge in [0.1, 0.15) is 0 Å². The maximum absolute atomic E-state index is 11.3. The Kier molecular flexibility index (Phi) is 3.19. The summed E-state index contributed by atoms with van der Waals surface area (Å²) in [5, 5.41) is 0. The molecule has 0 spiro atoms. The average molecular weight is 197 g/mol. The largest absolute Gasteiger partial charge is 0.465 e. The van der Waals surface area contributed by atoms with E-state index in [9.17, 15) is 4.79 Å². The SMILES string of the molecule is COC(=O)c1c(N)cccc1SC. The van der Waals surface area contributed by atoms with Gasteiger partial charge < -0.3 is 10.5 Å². The van der Waals surface area contributed by atoms with Gasteiger partial charge in [-0.2, -0.15) is 0 Å². The molecule has 0 saturated carbocycles. The van der Waals surface area contributed by atoms with Gasteiger partial charge >= 0.3 is 5.97 Å². The summed E-state index contributed by atoms with van der Waals surface area (Å²) in [5.41, 5.74) is 6.57. The van der Waals surface area contributed by atoms with E-state index >= 15 is 0 Å². The van der Waals surface area contributed by atoms with Gasteiger partial charge in [-0.05, 0) is 18.4 Å². The predicted molar refractivity (Wildman–Crippen MR) is 54.0 cm³/mol. The molecule has 1 aromatic rings. The van der Waals surface area contributed by atoms with Gasteiger partial charge in [-0.15, -0.1) is 11.8 Å². The summed E-state index contributed by atoms with van der Waals surface area (Å²) in [6.45, 7) is 0. The minimum atomic E-state index is -0.387. The highest BCUT2D eigenvalue weighted by molar-refractivity contribution is 7.98. The fourth-order valence-corrected chi connectivity index (χ4v) is 1.66. The zero-order valence-electron chi connectivity index (χ0n) is 7.53. The summed E-state index contributed by atoms with van der Waals surface area (Å²) >= 11 is 1.47. The summed E-state index contributed by atoms with van der Waals surface area (Å²) < 4.78 is 4.63. The van der Waals surface area contributed by atoms with Crippen LogP contribution in [0.3, 0.4) is 0 Å². The molecule has 1 aromatic carbocycles. The first kappa shape index (κ1) is 9.92. The van der Waals surface area contributed by atoms with Gasteiger partial charge in [0, 0.05) is 10.6 Å². The van der Waals surface area contributed by atoms with Crippen molar-refractivity contribution in [2.24, 2.45) is 0 Å². The maximum atomic E-state index is 11.3. The molecule has 0 aromatic heterocycles. The van der Waals surface area contributed by atoms with Crippen LogP contribution in [0.1, 0.15) is 10.4 Å². The number of methoxy groups -OCH3 is 1. The molecule has 0 fully saturated rings. The molecule has 3 nitrogen and oxygen atoms in total. The minimum Gasteiger partial charge on any atom is -0.465 e. The quantitative estimate of drug-likeness (QED) is 0.446. The van der Waals surface area contributed by atoms with E-state index in [1.54, 1.807) is 6.07 Å². The van der Waals surface area contributed by atoms with Crippen molar-refractivity contribution in [3.05, 3.63) is 23.8 Å². The molecule has 0 amide bonds. The molecule has 1 rings (SSSR count). The average Bonchev–Trinajstić information content (AvgIpc) is 2.16. The molecular formula is C9H11NO2S. The number of ether oxygens (including phenoxy) is 1. The molecule has 0 radical (unpaired) electrons. The highest BCUT2D eigenvalue weighted by atomic mass is 32.2. The second-order valence-corrected chi connectivity index (χ2v) is 3.26. The van der Waals surface area contributed by atoms with Gasteiger partial charge in [0.25, 0.3) is 0 Å². The number of hydrogen-bond donors (Lipinski definition) is 1. The van der Waals surface area contributed by atoms with Crippen LogP contribution in [0, 0.1) is 0 Å². The van der Waals surface area contributed by atoms with Crippen molar-refractivity contribution in [3.8, 4) is 0 Å². The van der Waals surface area contributed by atoms with Gasteiger partial charge in [-0.1, -0.05) is 6.07 Å². The number of thioether (sulfide) groups is 1. The molecule has 0 aliphatic rings. The van der Waals surface area contributed by atoms with Crippen molar-refractivity contribution < 1.29 is 9.53 Å². The van der Waals surface area contributed by atoms with E-state index in [4.69, 9.17) is 5.73 Å². The highest BCUT2D eigenvalue weighted by Crippen LogP contribution is 2.25. The number of hydrogen-bond acceptors (Lipinski definition) is 4. The third kappa shape index (κ3) is 1.95. The fraction of sp³-hybridized carbons (Fsp3) is 0.222. The second kappa shape index (κ2) is 4.18. The van der Waals surface area contributed by atoms with Crippen molar-refractivity contribution in [1.29, 1.82) is 0 Å². The molecule has 13 heavy (non-hydrogen) atoms. The number of esters is 1. The minimum absolute atomic E-state index is 0.387. The molecular weight excluding hydrogens is 186 g/mol. The zero-order valence-corrected chi connectivity index (χ0v) is 8.35. The van der Waals surface area contributed by atoms with Crippen LogP contribution in [0.2, 0.25) is 0 Å². The van der Waals surface area contributed by atoms with E-state index in [2.05, 4.69) is 4.74 Å². The number of benzene rings is 1. The Hall–Kier alpha value is -1.16. The fourth-order valence-electron chi connectivity index (χ4n) is 1.04. The highest BCUT2D eigenvalue weighted by Gasteiger charge is 2.13. The van der Waals surface area contributed by atoms with E-state index in [1.807, 2.05) is 18.4 Å². The molecule has 4 heteroatoms. The Morgan fingerprint density at radius 1 is 1.54 bits per heavy atom. The molecule has 0 aliphatic heterocycles. The van der Waals surface area contributed by atoms with Gasteiger partial charge in [0.05, 0.1) is 12.7 Å². The second-order valence-electron chi connectivity index (χ2n) is 2.42. The Morgan fingerprint density at radius 2 is 2.23 bits per heavy atom. The Balaban J connectivity index is 3.22. The number of nitrogens with two attached hydrogens (primary N) is 1. The van der Waals surface area contributed by atoms with Crippen molar-refractivity contribution in [3.63, 3.8) is 0 Å². The van der Waals surface area contributed by atoms with E-state index < -0.39 is 0 Å². The Labute approximate surface area is 81.3 Å². The van der Waals surface area contributed by atoms with E-state index in [0.717, 1.165) is 4.90 Å². The lowest BCUT2D eigenvalue weighted by Gasteiger charge is -2.07. The first-order valence-corrected chi connectivity index (χ1v) is 4.94. The van der Waals surface area contributed by atoms with Crippen LogP contribution in [0.4, 0.5) is 5.69 Å². The van der Waals surface area contributed by atoms with Gasteiger partial charge in [0.15, 0.2) is 0 Å². The molecule has 0 bridgehead atoms. The molecule has 2 N–H and O–H groups in total. The third-order valence-corrected chi connectivity index (χ3v) is 2.45. The van der Waals surface area contributed by atoms with Crippen molar-refractivity contribution >= 4 is 23.4 Å². The summed E-state index contributed by atoms with van der Waals surface area (Å²) in [5.74, 6) is -0.387. The molecule has 70 valence electrons. The summed E-state index contributed by atoms with van der Waals surface area (Å²) in [6.07, 6.45) is 1.89. The number of rotatable bonds is 2. The first-order chi connectivity index (χ1) is 6.20. The van der Waals surface area contributed by atoms with E-state index in [-0.39, 0.29) is 5.97 Å². The topological polar surface area (TPSA) is 52.3 Å². The molecule has 0 aliphatic carbocycles.